The molecule has 0 saturated carbocycles. The van der Waals surface area contributed by atoms with E-state index in [4.69, 9.17) is 5.26 Å². The maximum absolute atomic E-state index is 13.1. The predicted molar refractivity (Wildman–Crippen MR) is 81.1 cm³/mol. The molecule has 1 unspecified atom stereocenters. The van der Waals surface area contributed by atoms with E-state index in [0.717, 1.165) is 19.0 Å². The molecule has 1 aromatic carbocycles. The molecule has 0 bridgehead atoms. The minimum absolute atomic E-state index is 0.0432. The minimum Gasteiger partial charge on any atom is -0.395 e. The van der Waals surface area contributed by atoms with Gasteiger partial charge in [0.05, 0.1) is 23.8 Å². The van der Waals surface area contributed by atoms with Crippen LogP contribution >= 0.6 is 0 Å². The molecule has 0 amide bonds. The van der Waals surface area contributed by atoms with Crippen molar-refractivity contribution in [2.45, 2.75) is 25.6 Å². The standard InChI is InChI=1S/C16H20F3N3O/c1-12(11-23)21-5-2-6-22(8-7-21)14-4-3-13(10-20)15(9-14)16(17,18)19/h3-4,9,12,23H,2,5-8,11H2,1H3. The number of aliphatic hydroxyl groups excluding tert-OH is 1. The highest BCUT2D eigenvalue weighted by atomic mass is 19.4. The number of anilines is 1. The zero-order valence-electron chi connectivity index (χ0n) is 13.0. The average molecular weight is 327 g/mol. The lowest BCUT2D eigenvalue weighted by atomic mass is 10.1. The molecule has 1 saturated heterocycles. The summed E-state index contributed by atoms with van der Waals surface area (Å²) in [5.74, 6) is 0. The van der Waals surface area contributed by atoms with Crippen molar-refractivity contribution < 1.29 is 18.3 Å². The summed E-state index contributed by atoms with van der Waals surface area (Å²) in [6.07, 6.45) is -3.73. The van der Waals surface area contributed by atoms with E-state index >= 15 is 0 Å². The lowest BCUT2D eigenvalue weighted by Gasteiger charge is -2.27. The van der Waals surface area contributed by atoms with Gasteiger partial charge in [-0.05, 0) is 31.5 Å². The number of hydrogen-bond donors (Lipinski definition) is 1. The van der Waals surface area contributed by atoms with Crippen LogP contribution in [0.25, 0.3) is 0 Å². The highest BCUT2D eigenvalue weighted by Gasteiger charge is 2.34. The van der Waals surface area contributed by atoms with E-state index in [-0.39, 0.29) is 18.2 Å². The first-order chi connectivity index (χ1) is 10.9. The van der Waals surface area contributed by atoms with Crippen LogP contribution in [0.4, 0.5) is 18.9 Å². The van der Waals surface area contributed by atoms with Crippen LogP contribution in [-0.2, 0) is 6.18 Å². The number of benzene rings is 1. The third kappa shape index (κ3) is 4.15. The van der Waals surface area contributed by atoms with Crippen LogP contribution in [0.1, 0.15) is 24.5 Å². The monoisotopic (exact) mass is 327 g/mol. The van der Waals surface area contributed by atoms with Gasteiger partial charge in [-0.2, -0.15) is 18.4 Å². The molecule has 23 heavy (non-hydrogen) atoms. The first kappa shape index (κ1) is 17.6. The molecule has 0 spiro atoms. The average Bonchev–Trinajstić information content (AvgIpc) is 2.78. The Kier molecular flexibility index (Phi) is 5.50. The number of rotatable bonds is 3. The van der Waals surface area contributed by atoms with Crippen LogP contribution in [0.2, 0.25) is 0 Å². The van der Waals surface area contributed by atoms with Crippen LogP contribution in [0.3, 0.4) is 0 Å². The molecule has 1 aliphatic rings. The Bertz CT molecular complexity index is 583. The maximum Gasteiger partial charge on any atom is 0.417 e. The van der Waals surface area contributed by atoms with Crippen LogP contribution in [0, 0.1) is 11.3 Å². The van der Waals surface area contributed by atoms with Crippen molar-refractivity contribution in [1.29, 1.82) is 5.26 Å². The zero-order valence-corrected chi connectivity index (χ0v) is 13.0. The van der Waals surface area contributed by atoms with Gasteiger partial charge < -0.3 is 10.0 Å². The molecule has 0 aromatic heterocycles. The Balaban J connectivity index is 2.21. The Labute approximate surface area is 133 Å². The second-order valence-corrected chi connectivity index (χ2v) is 5.75. The summed E-state index contributed by atoms with van der Waals surface area (Å²) in [7, 11) is 0. The van der Waals surface area contributed by atoms with E-state index in [1.807, 2.05) is 11.8 Å². The van der Waals surface area contributed by atoms with Gasteiger partial charge in [0.25, 0.3) is 0 Å². The lowest BCUT2D eigenvalue weighted by molar-refractivity contribution is -0.137. The molecule has 1 N–H and O–H groups in total. The van der Waals surface area contributed by atoms with Crippen molar-refractivity contribution in [2.24, 2.45) is 0 Å². The Morgan fingerprint density at radius 3 is 2.61 bits per heavy atom. The number of alkyl halides is 3. The fourth-order valence-electron chi connectivity index (χ4n) is 2.81. The molecule has 1 aromatic rings. The van der Waals surface area contributed by atoms with Crippen LogP contribution in [0.5, 0.6) is 0 Å². The molecule has 1 atom stereocenters. The van der Waals surface area contributed by atoms with E-state index in [9.17, 15) is 18.3 Å². The van der Waals surface area contributed by atoms with E-state index < -0.39 is 11.7 Å². The van der Waals surface area contributed by atoms with E-state index in [2.05, 4.69) is 4.90 Å². The summed E-state index contributed by atoms with van der Waals surface area (Å²) in [6, 6.07) is 5.50. The van der Waals surface area contributed by atoms with Gasteiger partial charge in [-0.3, -0.25) is 4.90 Å². The largest absolute Gasteiger partial charge is 0.417 e. The van der Waals surface area contributed by atoms with E-state index in [0.29, 0.717) is 25.3 Å². The molecular weight excluding hydrogens is 307 g/mol. The summed E-state index contributed by atoms with van der Waals surface area (Å²) in [6.45, 7) is 4.73. The van der Waals surface area contributed by atoms with Crippen LogP contribution < -0.4 is 4.90 Å². The molecule has 2 rings (SSSR count). The first-order valence-corrected chi connectivity index (χ1v) is 7.58. The third-order valence-corrected chi connectivity index (χ3v) is 4.21. The van der Waals surface area contributed by atoms with Crippen molar-refractivity contribution in [3.63, 3.8) is 0 Å². The third-order valence-electron chi connectivity index (χ3n) is 4.21. The van der Waals surface area contributed by atoms with Gasteiger partial charge in [0, 0.05) is 37.9 Å². The fourth-order valence-corrected chi connectivity index (χ4v) is 2.81. The van der Waals surface area contributed by atoms with Crippen molar-refractivity contribution >= 4 is 5.69 Å². The molecule has 0 radical (unpaired) electrons. The Morgan fingerprint density at radius 1 is 1.26 bits per heavy atom. The van der Waals surface area contributed by atoms with E-state index in [1.54, 1.807) is 12.1 Å². The summed E-state index contributed by atoms with van der Waals surface area (Å²) >= 11 is 0. The molecule has 7 heteroatoms. The van der Waals surface area contributed by atoms with Crippen molar-refractivity contribution in [2.75, 3.05) is 37.7 Å². The van der Waals surface area contributed by atoms with Gasteiger partial charge in [0.2, 0.25) is 0 Å². The summed E-state index contributed by atoms with van der Waals surface area (Å²) in [5, 5.41) is 18.1. The molecule has 4 nitrogen and oxygen atoms in total. The second-order valence-electron chi connectivity index (χ2n) is 5.75. The number of nitrogens with zero attached hydrogens (tertiary/aromatic N) is 3. The SMILES string of the molecule is CC(CO)N1CCCN(c2ccc(C#N)c(C(F)(F)F)c2)CC1. The molecule has 0 aliphatic carbocycles. The van der Waals surface area contributed by atoms with Crippen LogP contribution in [0.15, 0.2) is 18.2 Å². The van der Waals surface area contributed by atoms with Gasteiger partial charge in [-0.1, -0.05) is 0 Å². The summed E-state index contributed by atoms with van der Waals surface area (Å²) in [5.41, 5.74) is -0.760. The van der Waals surface area contributed by atoms with Crippen LogP contribution in [-0.4, -0.2) is 48.8 Å². The molecule has 1 heterocycles. The number of aliphatic hydroxyl groups is 1. The van der Waals surface area contributed by atoms with Gasteiger partial charge in [-0.15, -0.1) is 0 Å². The zero-order chi connectivity index (χ0) is 17.0. The normalized spacial score (nSPS) is 18.3. The second kappa shape index (κ2) is 7.20. The highest BCUT2D eigenvalue weighted by molar-refractivity contribution is 5.55. The van der Waals surface area contributed by atoms with Crippen molar-refractivity contribution in [1.82, 2.24) is 4.90 Å². The maximum atomic E-state index is 13.1. The van der Waals surface area contributed by atoms with E-state index in [1.165, 1.54) is 6.07 Å². The number of hydrogen-bond acceptors (Lipinski definition) is 4. The fraction of sp³-hybridized carbons (Fsp3) is 0.562. The topological polar surface area (TPSA) is 50.5 Å². The van der Waals surface area contributed by atoms with Gasteiger partial charge in [0.1, 0.15) is 0 Å². The van der Waals surface area contributed by atoms with Gasteiger partial charge >= 0.3 is 6.18 Å². The molecule has 126 valence electrons. The lowest BCUT2D eigenvalue weighted by Crippen LogP contribution is -2.38. The predicted octanol–water partition coefficient (Wildman–Crippen LogP) is 2.47. The highest BCUT2D eigenvalue weighted by Crippen LogP contribution is 2.34. The molecular formula is C16H20F3N3O. The van der Waals surface area contributed by atoms with Gasteiger partial charge in [-0.25, -0.2) is 0 Å². The number of halogens is 3. The van der Waals surface area contributed by atoms with Crippen molar-refractivity contribution in [3.05, 3.63) is 29.3 Å². The van der Waals surface area contributed by atoms with Gasteiger partial charge in [0.15, 0.2) is 0 Å². The number of nitriles is 1. The molecule has 1 fully saturated rings. The van der Waals surface area contributed by atoms with Crippen molar-refractivity contribution in [3.8, 4) is 6.07 Å². The summed E-state index contributed by atoms with van der Waals surface area (Å²) in [4.78, 5) is 4.04. The minimum atomic E-state index is -4.54. The molecule has 1 aliphatic heterocycles. The quantitative estimate of drug-likeness (QED) is 0.927. The smallest absolute Gasteiger partial charge is 0.395 e. The first-order valence-electron chi connectivity index (χ1n) is 7.58. The summed E-state index contributed by atoms with van der Waals surface area (Å²) < 4.78 is 39.2. The Morgan fingerprint density at radius 2 is 2.00 bits per heavy atom. The Hall–Kier alpha value is -1.78.